The molecule has 110 valence electrons. The first-order chi connectivity index (χ1) is 10.2. The zero-order valence-electron chi connectivity index (χ0n) is 12.8. The van der Waals surface area contributed by atoms with Crippen LogP contribution in [0.3, 0.4) is 0 Å². The van der Waals surface area contributed by atoms with E-state index in [0.29, 0.717) is 5.92 Å². The molecule has 0 N–H and O–H groups in total. The van der Waals surface area contributed by atoms with E-state index in [2.05, 4.69) is 43.0 Å². The van der Waals surface area contributed by atoms with Crippen molar-refractivity contribution in [1.82, 2.24) is 4.90 Å². The molecular weight excluding hydrogens is 258 g/mol. The standard InChI is InChI=1S/C19H23NO/c1-16(2)19(15-21)20(13-17-9-5-3-6-10-17)14-18-11-7-4-8-12-18/h3-12,15-16,19H,13-14H2,1-2H3. The van der Waals surface area contributed by atoms with Gasteiger partial charge in [0.25, 0.3) is 0 Å². The van der Waals surface area contributed by atoms with Crippen molar-refractivity contribution < 1.29 is 4.79 Å². The summed E-state index contributed by atoms with van der Waals surface area (Å²) in [6.45, 7) is 5.78. The first-order valence-electron chi connectivity index (χ1n) is 7.48. The molecule has 0 fully saturated rings. The van der Waals surface area contributed by atoms with Gasteiger partial charge in [-0.05, 0) is 17.0 Å². The van der Waals surface area contributed by atoms with Crippen LogP contribution in [-0.4, -0.2) is 17.2 Å². The smallest absolute Gasteiger partial charge is 0.137 e. The van der Waals surface area contributed by atoms with Crippen molar-refractivity contribution in [3.05, 3.63) is 71.8 Å². The van der Waals surface area contributed by atoms with Crippen LogP contribution in [0.15, 0.2) is 60.7 Å². The van der Waals surface area contributed by atoms with Gasteiger partial charge in [-0.25, -0.2) is 0 Å². The van der Waals surface area contributed by atoms with Gasteiger partial charge in [-0.15, -0.1) is 0 Å². The monoisotopic (exact) mass is 281 g/mol. The van der Waals surface area contributed by atoms with Crippen molar-refractivity contribution in [1.29, 1.82) is 0 Å². The second kappa shape index (κ2) is 7.75. The second-order valence-corrected chi connectivity index (χ2v) is 5.75. The lowest BCUT2D eigenvalue weighted by molar-refractivity contribution is -0.114. The summed E-state index contributed by atoms with van der Waals surface area (Å²) < 4.78 is 0. The quantitative estimate of drug-likeness (QED) is 0.717. The average Bonchev–Trinajstić information content (AvgIpc) is 2.49. The molecule has 0 aliphatic heterocycles. The molecule has 0 amide bonds. The molecule has 2 aromatic rings. The largest absolute Gasteiger partial charge is 0.302 e. The third kappa shape index (κ3) is 4.54. The van der Waals surface area contributed by atoms with Crippen LogP contribution in [0.5, 0.6) is 0 Å². The lowest BCUT2D eigenvalue weighted by Crippen LogP contribution is -2.39. The fourth-order valence-electron chi connectivity index (χ4n) is 2.57. The maximum atomic E-state index is 11.5. The highest BCUT2D eigenvalue weighted by molar-refractivity contribution is 5.58. The molecule has 1 unspecified atom stereocenters. The Balaban J connectivity index is 2.19. The Morgan fingerprint density at radius 2 is 1.29 bits per heavy atom. The van der Waals surface area contributed by atoms with Gasteiger partial charge in [-0.1, -0.05) is 74.5 Å². The maximum absolute atomic E-state index is 11.5. The highest BCUT2D eigenvalue weighted by Gasteiger charge is 2.21. The van der Waals surface area contributed by atoms with Gasteiger partial charge in [0.05, 0.1) is 6.04 Å². The Kier molecular flexibility index (Phi) is 5.70. The van der Waals surface area contributed by atoms with E-state index in [-0.39, 0.29) is 6.04 Å². The molecule has 0 aromatic heterocycles. The molecule has 0 spiro atoms. The van der Waals surface area contributed by atoms with Gasteiger partial charge in [-0.2, -0.15) is 0 Å². The van der Waals surface area contributed by atoms with E-state index < -0.39 is 0 Å². The zero-order valence-corrected chi connectivity index (χ0v) is 12.8. The molecule has 0 bridgehead atoms. The number of rotatable bonds is 7. The number of aldehydes is 1. The molecule has 2 heteroatoms. The Morgan fingerprint density at radius 1 is 0.857 bits per heavy atom. The van der Waals surface area contributed by atoms with Crippen LogP contribution < -0.4 is 0 Å². The number of hydrogen-bond acceptors (Lipinski definition) is 2. The topological polar surface area (TPSA) is 20.3 Å². The number of nitrogens with zero attached hydrogens (tertiary/aromatic N) is 1. The molecule has 0 heterocycles. The van der Waals surface area contributed by atoms with Crippen molar-refractivity contribution in [2.24, 2.45) is 5.92 Å². The predicted molar refractivity (Wildman–Crippen MR) is 86.8 cm³/mol. The van der Waals surface area contributed by atoms with Crippen molar-refractivity contribution in [3.63, 3.8) is 0 Å². The average molecular weight is 281 g/mol. The third-order valence-corrected chi connectivity index (χ3v) is 3.70. The minimum atomic E-state index is -0.0644. The molecular formula is C19H23NO. The predicted octanol–water partition coefficient (Wildman–Crippen LogP) is 3.91. The molecule has 0 radical (unpaired) electrons. The number of benzene rings is 2. The Hall–Kier alpha value is -1.93. The van der Waals surface area contributed by atoms with Crippen LogP contribution >= 0.6 is 0 Å². The zero-order chi connectivity index (χ0) is 15.1. The summed E-state index contributed by atoms with van der Waals surface area (Å²) in [6, 6.07) is 20.6. The Morgan fingerprint density at radius 3 is 1.62 bits per heavy atom. The number of carbonyl (C=O) groups excluding carboxylic acids is 1. The first kappa shape index (κ1) is 15.5. The molecule has 21 heavy (non-hydrogen) atoms. The summed E-state index contributed by atoms with van der Waals surface area (Å²) in [4.78, 5) is 13.8. The van der Waals surface area contributed by atoms with Gasteiger partial charge in [0.1, 0.15) is 6.29 Å². The van der Waals surface area contributed by atoms with E-state index in [1.807, 2.05) is 36.4 Å². The molecule has 2 aromatic carbocycles. The highest BCUT2D eigenvalue weighted by atomic mass is 16.1. The highest BCUT2D eigenvalue weighted by Crippen LogP contribution is 2.17. The summed E-state index contributed by atoms with van der Waals surface area (Å²) in [5.74, 6) is 0.301. The molecule has 2 nitrogen and oxygen atoms in total. The SMILES string of the molecule is CC(C)C(C=O)N(Cc1ccccc1)Cc1ccccc1. The lowest BCUT2D eigenvalue weighted by atomic mass is 10.0. The second-order valence-electron chi connectivity index (χ2n) is 5.75. The van der Waals surface area contributed by atoms with E-state index in [0.717, 1.165) is 19.4 Å². The Labute approximate surface area is 127 Å². The Bertz CT molecular complexity index is 495. The molecule has 0 aliphatic rings. The van der Waals surface area contributed by atoms with E-state index in [4.69, 9.17) is 0 Å². The summed E-state index contributed by atoms with van der Waals surface area (Å²) >= 11 is 0. The van der Waals surface area contributed by atoms with Gasteiger partial charge < -0.3 is 4.79 Å². The molecule has 1 atom stereocenters. The molecule has 0 aliphatic carbocycles. The molecule has 0 saturated carbocycles. The van der Waals surface area contributed by atoms with E-state index in [9.17, 15) is 4.79 Å². The number of carbonyl (C=O) groups is 1. The van der Waals surface area contributed by atoms with Gasteiger partial charge in [0.15, 0.2) is 0 Å². The van der Waals surface area contributed by atoms with Gasteiger partial charge in [0, 0.05) is 13.1 Å². The van der Waals surface area contributed by atoms with Gasteiger partial charge >= 0.3 is 0 Å². The van der Waals surface area contributed by atoms with Crippen LogP contribution in [0, 0.1) is 5.92 Å². The van der Waals surface area contributed by atoms with Crippen LogP contribution in [0.2, 0.25) is 0 Å². The minimum absolute atomic E-state index is 0.0644. The van der Waals surface area contributed by atoms with Crippen LogP contribution in [-0.2, 0) is 17.9 Å². The summed E-state index contributed by atoms with van der Waals surface area (Å²) in [5.41, 5.74) is 2.47. The lowest BCUT2D eigenvalue weighted by Gasteiger charge is -2.30. The first-order valence-corrected chi connectivity index (χ1v) is 7.48. The van der Waals surface area contributed by atoms with Gasteiger partial charge in [-0.3, -0.25) is 4.90 Å². The van der Waals surface area contributed by atoms with Crippen LogP contribution in [0.25, 0.3) is 0 Å². The molecule has 0 saturated heterocycles. The van der Waals surface area contributed by atoms with Crippen molar-refractivity contribution in [3.8, 4) is 0 Å². The van der Waals surface area contributed by atoms with Crippen molar-refractivity contribution in [2.75, 3.05) is 0 Å². The maximum Gasteiger partial charge on any atom is 0.137 e. The van der Waals surface area contributed by atoms with Crippen molar-refractivity contribution in [2.45, 2.75) is 33.0 Å². The van der Waals surface area contributed by atoms with E-state index >= 15 is 0 Å². The van der Waals surface area contributed by atoms with E-state index in [1.165, 1.54) is 11.1 Å². The van der Waals surface area contributed by atoms with E-state index in [1.54, 1.807) is 0 Å². The summed E-state index contributed by atoms with van der Waals surface area (Å²) in [6.07, 6.45) is 1.08. The third-order valence-electron chi connectivity index (χ3n) is 3.70. The minimum Gasteiger partial charge on any atom is -0.302 e. The van der Waals surface area contributed by atoms with Crippen LogP contribution in [0.4, 0.5) is 0 Å². The fourth-order valence-corrected chi connectivity index (χ4v) is 2.57. The van der Waals surface area contributed by atoms with Crippen molar-refractivity contribution >= 4 is 6.29 Å². The van der Waals surface area contributed by atoms with Gasteiger partial charge in [0.2, 0.25) is 0 Å². The molecule has 2 rings (SSSR count). The normalized spacial score (nSPS) is 12.6. The number of hydrogen-bond donors (Lipinski definition) is 0. The summed E-state index contributed by atoms with van der Waals surface area (Å²) in [7, 11) is 0. The fraction of sp³-hybridized carbons (Fsp3) is 0.316. The van der Waals surface area contributed by atoms with Crippen LogP contribution in [0.1, 0.15) is 25.0 Å². The summed E-state index contributed by atoms with van der Waals surface area (Å²) in [5, 5.41) is 0.